The van der Waals surface area contributed by atoms with Crippen LogP contribution in [0, 0.1) is 5.92 Å². The van der Waals surface area contributed by atoms with E-state index >= 15 is 0 Å². The summed E-state index contributed by atoms with van der Waals surface area (Å²) in [6, 6.07) is -8.08. The summed E-state index contributed by atoms with van der Waals surface area (Å²) in [4.78, 5) is 33.6. The van der Waals surface area contributed by atoms with E-state index in [1.165, 1.54) is 6.20 Å². The molecule has 0 fully saturated rings. The molecule has 0 radical (unpaired) electrons. The number of nitrogens with one attached hydrogen (secondary N) is 2. The van der Waals surface area contributed by atoms with Crippen molar-refractivity contribution in [3.8, 4) is 0 Å². The smallest absolute Gasteiger partial charge is 0.426 e. The third kappa shape index (κ3) is 6.75. The molecule has 0 saturated heterocycles. The normalized spacial score (nSPS) is 18.6. The Kier molecular flexibility index (Phi) is 4.75. The Morgan fingerprint density at radius 3 is 2.54 bits per heavy atom. The summed E-state index contributed by atoms with van der Waals surface area (Å²) in [7, 11) is -2.11. The molecule has 4 N–H and O–H groups in total. The fourth-order valence-electron chi connectivity index (χ4n) is 2.18. The van der Waals surface area contributed by atoms with Crippen LogP contribution >= 0.6 is 0 Å². The van der Waals surface area contributed by atoms with E-state index in [2.05, 4.69) is 15.3 Å². The minimum absolute atomic E-state index is 0.00470. The second kappa shape index (κ2) is 10.5. The summed E-state index contributed by atoms with van der Waals surface area (Å²) >= 11 is 0. The lowest BCUT2D eigenvalue weighted by Gasteiger charge is -2.24. The molecule has 1 aromatic carbocycles. The van der Waals surface area contributed by atoms with Crippen LogP contribution in [0.15, 0.2) is 48.8 Å². The van der Waals surface area contributed by atoms with Crippen molar-refractivity contribution in [1.82, 2.24) is 20.6 Å². The highest BCUT2D eigenvalue weighted by Crippen LogP contribution is 2.09. The first-order valence-electron chi connectivity index (χ1n) is 12.4. The number of hydrogen-bond donors (Lipinski definition) is 4. The second-order valence-electron chi connectivity index (χ2n) is 6.17. The molecule has 8 nitrogen and oxygen atoms in total. The Morgan fingerprint density at radius 1 is 1.25 bits per heavy atom. The van der Waals surface area contributed by atoms with Crippen molar-refractivity contribution in [2.75, 3.05) is 0 Å². The van der Waals surface area contributed by atoms with Gasteiger partial charge in [0.15, 0.2) is 0 Å². The van der Waals surface area contributed by atoms with Crippen LogP contribution in [0.3, 0.4) is 0 Å². The minimum atomic E-state index is -3.44. The number of benzene rings is 1. The third-order valence-corrected chi connectivity index (χ3v) is 3.41. The first-order valence-corrected chi connectivity index (χ1v) is 8.39. The lowest BCUT2D eigenvalue weighted by molar-refractivity contribution is -0.123. The molecule has 0 bridgehead atoms. The number of nitrogens with zero attached hydrogens (tertiary/aromatic N) is 2. The van der Waals surface area contributed by atoms with Gasteiger partial charge in [-0.3, -0.25) is 14.6 Å². The zero-order valence-corrected chi connectivity index (χ0v) is 15.3. The molecule has 2 amide bonds. The van der Waals surface area contributed by atoms with Crippen LogP contribution in [-0.2, 0) is 11.2 Å². The van der Waals surface area contributed by atoms with Crippen LogP contribution in [0.1, 0.15) is 47.3 Å². The molecule has 28 heavy (non-hydrogen) atoms. The second-order valence-corrected chi connectivity index (χ2v) is 6.17. The van der Waals surface area contributed by atoms with E-state index in [1.807, 2.05) is 5.32 Å². The van der Waals surface area contributed by atoms with E-state index in [0.717, 1.165) is 12.4 Å². The Hall–Kier alpha value is -2.78. The summed E-state index contributed by atoms with van der Waals surface area (Å²) < 4.78 is 65.7. The van der Waals surface area contributed by atoms with Crippen LogP contribution in [0.4, 0.5) is 0 Å². The van der Waals surface area contributed by atoms with Gasteiger partial charge < -0.3 is 20.7 Å². The number of amides is 2. The molecule has 0 aliphatic rings. The van der Waals surface area contributed by atoms with E-state index in [-0.39, 0.29) is 12.3 Å². The number of carbonyl (C=O) groups is 2. The van der Waals surface area contributed by atoms with Crippen LogP contribution < -0.4 is 10.6 Å². The molecule has 2 aromatic rings. The van der Waals surface area contributed by atoms with Crippen LogP contribution in [0.25, 0.3) is 0 Å². The van der Waals surface area contributed by atoms with Gasteiger partial charge in [-0.25, -0.2) is 4.98 Å². The summed E-state index contributed by atoms with van der Waals surface area (Å²) in [6.07, 6.45) is -0.0958. The Bertz CT molecular complexity index is 1110. The maximum absolute atomic E-state index is 13.3. The van der Waals surface area contributed by atoms with Gasteiger partial charge in [-0.1, -0.05) is 44.1 Å². The van der Waals surface area contributed by atoms with Crippen molar-refractivity contribution in [3.05, 3.63) is 60.1 Å². The molecule has 1 aromatic heterocycles. The average Bonchev–Trinajstić information content (AvgIpc) is 2.80. The predicted molar refractivity (Wildman–Crippen MR) is 105 cm³/mol. The van der Waals surface area contributed by atoms with E-state index in [9.17, 15) is 19.6 Å². The number of aromatic nitrogens is 2. The Morgan fingerprint density at radius 2 is 1.96 bits per heavy atom. The summed E-state index contributed by atoms with van der Waals surface area (Å²) in [5.74, 6) is -4.35. The molecule has 0 aliphatic carbocycles. The van der Waals surface area contributed by atoms with Crippen molar-refractivity contribution in [2.24, 2.45) is 5.92 Å². The van der Waals surface area contributed by atoms with Gasteiger partial charge in [-0.2, -0.15) is 0 Å². The zero-order chi connectivity index (χ0) is 27.6. The Balaban J connectivity index is 2.71. The monoisotopic (exact) mass is 392 g/mol. The highest BCUT2D eigenvalue weighted by molar-refractivity contribution is 6.43. The van der Waals surface area contributed by atoms with Crippen molar-refractivity contribution in [2.45, 2.75) is 38.6 Å². The highest BCUT2D eigenvalue weighted by Gasteiger charge is 2.30. The average molecular weight is 392 g/mol. The topological polar surface area (TPSA) is 124 Å². The van der Waals surface area contributed by atoms with E-state index in [0.29, 0.717) is 0 Å². The van der Waals surface area contributed by atoms with Gasteiger partial charge in [0.1, 0.15) is 11.7 Å². The maximum Gasteiger partial charge on any atom is 0.475 e. The summed E-state index contributed by atoms with van der Waals surface area (Å²) in [6.45, 7) is 3.41. The lowest BCUT2D eigenvalue weighted by Crippen LogP contribution is -2.55. The molecule has 2 atom stereocenters. The standard InChI is InChI=1S/C19H25BN4O4/c1-13(2)10-17(20(27)28)24-18(25)15(11-14-6-4-3-5-7-14)23-19(26)16-12-21-8-9-22-16/h3-9,12-13,15,17,27-28H,10-11H2,1-2H3,(H,23,26)(H,24,25)/t15-,17-/m0/s1/i3D,4D,5D,6D,7D,11D2,15D. The van der Waals surface area contributed by atoms with Crippen LogP contribution in [0.5, 0.6) is 0 Å². The van der Waals surface area contributed by atoms with Crippen LogP contribution in [-0.4, -0.2) is 50.9 Å². The van der Waals surface area contributed by atoms with Gasteiger partial charge in [0.2, 0.25) is 5.91 Å². The number of hydrogen-bond acceptors (Lipinski definition) is 6. The number of carbonyl (C=O) groups excluding carboxylic acids is 2. The molecule has 0 saturated carbocycles. The molecule has 0 aliphatic heterocycles. The van der Waals surface area contributed by atoms with E-state index in [1.54, 1.807) is 13.8 Å². The van der Waals surface area contributed by atoms with Gasteiger partial charge in [0.25, 0.3) is 5.91 Å². The highest BCUT2D eigenvalue weighted by atomic mass is 16.4. The van der Waals surface area contributed by atoms with E-state index < -0.39 is 78.7 Å². The van der Waals surface area contributed by atoms with Crippen molar-refractivity contribution in [3.63, 3.8) is 0 Å². The fourth-order valence-corrected chi connectivity index (χ4v) is 2.18. The largest absolute Gasteiger partial charge is 0.475 e. The summed E-state index contributed by atoms with van der Waals surface area (Å²) in [5, 5.41) is 23.4. The van der Waals surface area contributed by atoms with E-state index in [4.69, 9.17) is 11.0 Å². The first-order chi connectivity index (χ1) is 16.6. The molecule has 1 heterocycles. The van der Waals surface area contributed by atoms with Gasteiger partial charge in [0.05, 0.1) is 20.4 Å². The van der Waals surface area contributed by atoms with Crippen LogP contribution in [0.2, 0.25) is 0 Å². The molecule has 9 heteroatoms. The molecule has 2 rings (SSSR count). The van der Waals surface area contributed by atoms with Gasteiger partial charge in [-0.05, 0) is 17.9 Å². The predicted octanol–water partition coefficient (Wildman–Crippen LogP) is 0.361. The lowest BCUT2D eigenvalue weighted by atomic mass is 9.75. The fraction of sp³-hybridized carbons (Fsp3) is 0.368. The molecule has 0 spiro atoms. The zero-order valence-electron chi connectivity index (χ0n) is 23.3. The minimum Gasteiger partial charge on any atom is -0.426 e. The first kappa shape index (κ1) is 12.6. The van der Waals surface area contributed by atoms with Gasteiger partial charge >= 0.3 is 7.12 Å². The molecule has 148 valence electrons. The van der Waals surface area contributed by atoms with Gasteiger partial charge in [0, 0.05) is 21.5 Å². The quantitative estimate of drug-likeness (QED) is 0.457. The molecular weight excluding hydrogens is 359 g/mol. The van der Waals surface area contributed by atoms with Crippen molar-refractivity contribution < 1.29 is 30.6 Å². The molecule has 0 unspecified atom stereocenters. The maximum atomic E-state index is 13.3. The third-order valence-electron chi connectivity index (χ3n) is 3.41. The van der Waals surface area contributed by atoms with Crippen molar-refractivity contribution in [1.29, 1.82) is 0 Å². The SMILES string of the molecule is [2H]c1c([2H])c([2H])c(C([2H])([2H])[C@]([2H])(NC(=O)c2cnccn2)C(=O)N[C@@H](CC(C)C)B(O)O)c([2H])c1[2H]. The Labute approximate surface area is 175 Å². The molecular formula is C19H25BN4O4. The summed E-state index contributed by atoms with van der Waals surface area (Å²) in [5.41, 5.74) is -1.46. The van der Waals surface area contributed by atoms with Gasteiger partial charge in [-0.15, -0.1) is 0 Å². The number of rotatable bonds is 9. The van der Waals surface area contributed by atoms with Crippen molar-refractivity contribution >= 4 is 18.9 Å².